The molecule has 2 aliphatic rings. The fraction of sp³-hybridized carbons (Fsp3) is 0.867. The molecule has 0 aromatic heterocycles. The van der Waals surface area contributed by atoms with Crippen molar-refractivity contribution in [2.24, 2.45) is 5.92 Å². The highest BCUT2D eigenvalue weighted by molar-refractivity contribution is 5.89. The van der Waals surface area contributed by atoms with Crippen molar-refractivity contribution in [2.45, 2.75) is 64.6 Å². The summed E-state index contributed by atoms with van der Waals surface area (Å²) in [5.74, 6) is 0.272. The zero-order chi connectivity index (χ0) is 14.7. The number of hydrogen-bond donors (Lipinski definition) is 2. The smallest absolute Gasteiger partial charge is 0.243 e. The van der Waals surface area contributed by atoms with Crippen LogP contribution >= 0.6 is 0 Å². The lowest BCUT2D eigenvalue weighted by atomic mass is 9.97. The quantitative estimate of drug-likeness (QED) is 0.804. The summed E-state index contributed by atoms with van der Waals surface area (Å²) in [6.45, 7) is 7.87. The van der Waals surface area contributed by atoms with Crippen LogP contribution < -0.4 is 10.6 Å². The lowest BCUT2D eigenvalue weighted by molar-refractivity contribution is -0.139. The predicted octanol–water partition coefficient (Wildman–Crippen LogP) is 0.890. The first-order chi connectivity index (χ1) is 9.50. The molecule has 2 aliphatic heterocycles. The fourth-order valence-electron chi connectivity index (χ4n) is 3.28. The number of piperidine rings is 1. The van der Waals surface area contributed by atoms with E-state index in [0.717, 1.165) is 25.8 Å². The number of likely N-dealkylation sites (tertiary alicyclic amines) is 1. The van der Waals surface area contributed by atoms with E-state index in [1.54, 1.807) is 4.90 Å². The number of amides is 2. The Morgan fingerprint density at radius 2 is 2.15 bits per heavy atom. The number of carbonyl (C=O) groups excluding carboxylic acids is 2. The van der Waals surface area contributed by atoms with Crippen LogP contribution in [0.25, 0.3) is 0 Å². The van der Waals surface area contributed by atoms with Crippen LogP contribution in [-0.4, -0.2) is 47.9 Å². The van der Waals surface area contributed by atoms with Gasteiger partial charge < -0.3 is 15.5 Å². The van der Waals surface area contributed by atoms with Crippen molar-refractivity contribution in [1.29, 1.82) is 0 Å². The topological polar surface area (TPSA) is 61.4 Å². The van der Waals surface area contributed by atoms with E-state index in [1.165, 1.54) is 0 Å². The highest BCUT2D eigenvalue weighted by Crippen LogP contribution is 2.20. The summed E-state index contributed by atoms with van der Waals surface area (Å²) in [5.41, 5.74) is 0. The van der Waals surface area contributed by atoms with Gasteiger partial charge in [-0.15, -0.1) is 0 Å². The van der Waals surface area contributed by atoms with Crippen LogP contribution in [0.3, 0.4) is 0 Å². The molecule has 0 aromatic rings. The zero-order valence-corrected chi connectivity index (χ0v) is 12.8. The standard InChI is InChI=1S/C15H27N3O2/c1-10(2)14(18-9-5-7-13(18)19)15(20)17-12-6-4-8-16-11(12)3/h10-12,14,16H,4-9H2,1-3H3,(H,17,20). The van der Waals surface area contributed by atoms with Gasteiger partial charge in [-0.25, -0.2) is 0 Å². The molecule has 0 aromatic carbocycles. The lowest BCUT2D eigenvalue weighted by Gasteiger charge is -2.35. The summed E-state index contributed by atoms with van der Waals surface area (Å²) < 4.78 is 0. The van der Waals surface area contributed by atoms with Gasteiger partial charge in [0.05, 0.1) is 0 Å². The summed E-state index contributed by atoms with van der Waals surface area (Å²) in [5, 5.41) is 6.54. The molecule has 0 spiro atoms. The molecule has 5 heteroatoms. The number of rotatable bonds is 4. The molecule has 114 valence electrons. The molecule has 3 unspecified atom stereocenters. The molecule has 2 N–H and O–H groups in total. The average Bonchev–Trinajstić information content (AvgIpc) is 2.78. The molecule has 0 radical (unpaired) electrons. The summed E-state index contributed by atoms with van der Waals surface area (Å²) in [6.07, 6.45) is 3.55. The van der Waals surface area contributed by atoms with Crippen molar-refractivity contribution in [2.75, 3.05) is 13.1 Å². The summed E-state index contributed by atoms with van der Waals surface area (Å²) in [7, 11) is 0. The Labute approximate surface area is 121 Å². The number of nitrogens with zero attached hydrogens (tertiary/aromatic N) is 1. The van der Waals surface area contributed by atoms with Crippen LogP contribution in [0.5, 0.6) is 0 Å². The first-order valence-electron chi connectivity index (χ1n) is 7.84. The summed E-state index contributed by atoms with van der Waals surface area (Å²) in [6, 6.07) is 0.157. The molecular formula is C15H27N3O2. The van der Waals surface area contributed by atoms with Crippen LogP contribution in [0.15, 0.2) is 0 Å². The lowest BCUT2D eigenvalue weighted by Crippen LogP contribution is -2.57. The molecule has 2 heterocycles. The molecule has 20 heavy (non-hydrogen) atoms. The maximum atomic E-state index is 12.6. The maximum Gasteiger partial charge on any atom is 0.243 e. The second kappa shape index (κ2) is 6.57. The number of hydrogen-bond acceptors (Lipinski definition) is 3. The van der Waals surface area contributed by atoms with E-state index in [4.69, 9.17) is 0 Å². The second-order valence-corrected chi connectivity index (χ2v) is 6.38. The van der Waals surface area contributed by atoms with Crippen molar-refractivity contribution in [3.63, 3.8) is 0 Å². The van der Waals surface area contributed by atoms with Gasteiger partial charge in [0.25, 0.3) is 0 Å². The average molecular weight is 281 g/mol. The van der Waals surface area contributed by atoms with E-state index in [0.29, 0.717) is 19.0 Å². The molecule has 2 saturated heterocycles. The minimum atomic E-state index is -0.320. The first kappa shape index (κ1) is 15.3. The predicted molar refractivity (Wildman–Crippen MR) is 78.2 cm³/mol. The van der Waals surface area contributed by atoms with Gasteiger partial charge in [-0.1, -0.05) is 13.8 Å². The molecule has 0 bridgehead atoms. The minimum absolute atomic E-state index is 0.01000. The Morgan fingerprint density at radius 1 is 1.40 bits per heavy atom. The third-order valence-electron chi connectivity index (χ3n) is 4.44. The highest BCUT2D eigenvalue weighted by atomic mass is 16.2. The van der Waals surface area contributed by atoms with Crippen LogP contribution in [0, 0.1) is 5.92 Å². The van der Waals surface area contributed by atoms with Gasteiger partial charge in [0.15, 0.2) is 0 Å². The Balaban J connectivity index is 2.01. The number of nitrogens with one attached hydrogen (secondary N) is 2. The molecule has 0 saturated carbocycles. The van der Waals surface area contributed by atoms with Crippen LogP contribution in [0.1, 0.15) is 46.5 Å². The molecule has 5 nitrogen and oxygen atoms in total. The van der Waals surface area contributed by atoms with Gasteiger partial charge in [-0.05, 0) is 38.6 Å². The van der Waals surface area contributed by atoms with Crippen molar-refractivity contribution in [1.82, 2.24) is 15.5 Å². The van der Waals surface area contributed by atoms with E-state index in [1.807, 2.05) is 13.8 Å². The van der Waals surface area contributed by atoms with E-state index in [2.05, 4.69) is 17.6 Å². The largest absolute Gasteiger partial charge is 0.350 e. The van der Waals surface area contributed by atoms with Gasteiger partial charge in [0, 0.05) is 25.0 Å². The summed E-state index contributed by atoms with van der Waals surface area (Å²) in [4.78, 5) is 26.3. The normalized spacial score (nSPS) is 28.8. The third kappa shape index (κ3) is 3.32. The molecular weight excluding hydrogens is 254 g/mol. The van der Waals surface area contributed by atoms with Gasteiger partial charge in [0.1, 0.15) is 6.04 Å². The zero-order valence-electron chi connectivity index (χ0n) is 12.8. The first-order valence-corrected chi connectivity index (χ1v) is 7.84. The van der Waals surface area contributed by atoms with Crippen LogP contribution in [0.2, 0.25) is 0 Å². The van der Waals surface area contributed by atoms with E-state index in [9.17, 15) is 9.59 Å². The molecule has 2 rings (SSSR count). The second-order valence-electron chi connectivity index (χ2n) is 6.38. The Bertz CT molecular complexity index is 370. The van der Waals surface area contributed by atoms with Crippen molar-refractivity contribution in [3.8, 4) is 0 Å². The van der Waals surface area contributed by atoms with Crippen molar-refractivity contribution in [3.05, 3.63) is 0 Å². The molecule has 2 amide bonds. The number of carbonyl (C=O) groups is 2. The minimum Gasteiger partial charge on any atom is -0.350 e. The van der Waals surface area contributed by atoms with Crippen molar-refractivity contribution < 1.29 is 9.59 Å². The van der Waals surface area contributed by atoms with Crippen LogP contribution in [0.4, 0.5) is 0 Å². The Hall–Kier alpha value is -1.10. The maximum absolute atomic E-state index is 12.6. The SMILES string of the molecule is CC(C)C(C(=O)NC1CCCNC1C)N1CCCC1=O. The van der Waals surface area contributed by atoms with Gasteiger partial charge in [0.2, 0.25) is 11.8 Å². The van der Waals surface area contributed by atoms with Gasteiger partial charge >= 0.3 is 0 Å². The van der Waals surface area contributed by atoms with Crippen LogP contribution in [-0.2, 0) is 9.59 Å². The van der Waals surface area contributed by atoms with E-state index >= 15 is 0 Å². The van der Waals surface area contributed by atoms with Gasteiger partial charge in [-0.2, -0.15) is 0 Å². The van der Waals surface area contributed by atoms with E-state index in [-0.39, 0.29) is 29.8 Å². The monoisotopic (exact) mass is 281 g/mol. The summed E-state index contributed by atoms with van der Waals surface area (Å²) >= 11 is 0. The third-order valence-corrected chi connectivity index (χ3v) is 4.44. The van der Waals surface area contributed by atoms with Gasteiger partial charge in [-0.3, -0.25) is 9.59 Å². The Kier molecular flexibility index (Phi) is 5.02. The Morgan fingerprint density at radius 3 is 2.70 bits per heavy atom. The van der Waals surface area contributed by atoms with Crippen molar-refractivity contribution >= 4 is 11.8 Å². The fourth-order valence-corrected chi connectivity index (χ4v) is 3.28. The molecule has 2 fully saturated rings. The molecule has 0 aliphatic carbocycles. The highest BCUT2D eigenvalue weighted by Gasteiger charge is 2.36. The van der Waals surface area contributed by atoms with E-state index < -0.39 is 0 Å². The molecule has 3 atom stereocenters.